The van der Waals surface area contributed by atoms with E-state index in [0.717, 1.165) is 40.0 Å². The Labute approximate surface area is 161 Å². The van der Waals surface area contributed by atoms with Gasteiger partial charge in [0.2, 0.25) is 13.2 Å². The summed E-state index contributed by atoms with van der Waals surface area (Å²) in [5, 5.41) is 0.563. The summed E-state index contributed by atoms with van der Waals surface area (Å²) in [6, 6.07) is 3.89. The van der Waals surface area contributed by atoms with Gasteiger partial charge in [-0.2, -0.15) is 0 Å². The number of halogens is 1. The Hall–Kier alpha value is -2.60. The number of hydrogen-bond donors (Lipinski definition) is 0. The number of nitrogens with zero attached hydrogens (tertiary/aromatic N) is 1. The number of ether oxygens (including phenoxy) is 4. The first-order chi connectivity index (χ1) is 13.2. The molecule has 2 aromatic carbocycles. The minimum absolute atomic E-state index is 0.0913. The molecule has 1 aliphatic carbocycles. The van der Waals surface area contributed by atoms with Crippen LogP contribution in [0.4, 0.5) is 0 Å². The molecule has 6 nitrogen and oxygen atoms in total. The minimum Gasteiger partial charge on any atom is -0.492 e. The van der Waals surface area contributed by atoms with Gasteiger partial charge in [0.1, 0.15) is 0 Å². The second-order valence-electron chi connectivity index (χ2n) is 6.82. The van der Waals surface area contributed by atoms with Gasteiger partial charge in [0, 0.05) is 12.1 Å². The van der Waals surface area contributed by atoms with E-state index in [2.05, 4.69) is 0 Å². The number of rotatable bonds is 3. The third kappa shape index (κ3) is 2.16. The molecular formula is C20H18ClNO5. The maximum atomic E-state index is 11.7. The number of hydrogen-bond acceptors (Lipinski definition) is 5. The van der Waals surface area contributed by atoms with Crippen LogP contribution in [0.5, 0.6) is 23.0 Å². The van der Waals surface area contributed by atoms with E-state index in [1.165, 1.54) is 0 Å². The third-order valence-electron chi connectivity index (χ3n) is 5.67. The van der Waals surface area contributed by atoms with Crippen molar-refractivity contribution in [3.05, 3.63) is 33.8 Å². The largest absolute Gasteiger partial charge is 0.492 e. The summed E-state index contributed by atoms with van der Waals surface area (Å²) in [5.41, 5.74) is 5.08. The Bertz CT molecular complexity index is 974. The van der Waals surface area contributed by atoms with Crippen LogP contribution in [0.2, 0.25) is 5.02 Å². The Morgan fingerprint density at radius 2 is 1.93 bits per heavy atom. The molecule has 0 saturated carbocycles. The van der Waals surface area contributed by atoms with Crippen LogP contribution in [-0.2, 0) is 17.6 Å². The fraction of sp³-hybridized carbons (Fsp3) is 0.350. The van der Waals surface area contributed by atoms with Gasteiger partial charge in [0.05, 0.1) is 25.3 Å². The number of benzene rings is 2. The SMILES string of the molecule is COc1c(Cl)c2c3c(c1OC)-c1cc4c(cc1C[C@@H]3N(C=O)CC2)OCO4. The predicted octanol–water partition coefficient (Wildman–Crippen LogP) is 3.36. The van der Waals surface area contributed by atoms with Crippen LogP contribution < -0.4 is 18.9 Å². The zero-order valence-corrected chi connectivity index (χ0v) is 15.8. The second kappa shape index (κ2) is 5.96. The summed E-state index contributed by atoms with van der Waals surface area (Å²) in [4.78, 5) is 13.6. The molecule has 1 atom stereocenters. The van der Waals surface area contributed by atoms with Crippen molar-refractivity contribution >= 4 is 18.0 Å². The van der Waals surface area contributed by atoms with Gasteiger partial charge in [-0.3, -0.25) is 4.79 Å². The Kier molecular flexibility index (Phi) is 3.65. The molecular weight excluding hydrogens is 370 g/mol. The number of amides is 1. The van der Waals surface area contributed by atoms with Gasteiger partial charge in [-0.15, -0.1) is 0 Å². The molecule has 2 aliphatic heterocycles. The summed E-state index contributed by atoms with van der Waals surface area (Å²) >= 11 is 6.68. The number of fused-ring (bicyclic) bond motifs is 3. The maximum absolute atomic E-state index is 11.7. The molecule has 2 heterocycles. The maximum Gasteiger partial charge on any atom is 0.231 e. The van der Waals surface area contributed by atoms with Crippen LogP contribution in [-0.4, -0.2) is 38.9 Å². The van der Waals surface area contributed by atoms with Gasteiger partial charge in [-0.05, 0) is 47.2 Å². The lowest BCUT2D eigenvalue weighted by atomic mass is 9.76. The summed E-state index contributed by atoms with van der Waals surface area (Å²) in [5.74, 6) is 2.54. The monoisotopic (exact) mass is 387 g/mol. The second-order valence-corrected chi connectivity index (χ2v) is 7.20. The molecule has 0 aromatic heterocycles. The number of carbonyl (C=O) groups excluding carboxylic acids is 1. The van der Waals surface area contributed by atoms with E-state index in [1.54, 1.807) is 14.2 Å². The van der Waals surface area contributed by atoms with E-state index in [4.69, 9.17) is 30.5 Å². The highest BCUT2D eigenvalue weighted by atomic mass is 35.5. The molecule has 5 rings (SSSR count). The van der Waals surface area contributed by atoms with Crippen molar-refractivity contribution in [3.8, 4) is 34.1 Å². The van der Waals surface area contributed by atoms with Crippen LogP contribution in [0.25, 0.3) is 11.1 Å². The average molecular weight is 388 g/mol. The van der Waals surface area contributed by atoms with E-state index >= 15 is 0 Å². The number of carbonyl (C=O) groups is 1. The van der Waals surface area contributed by atoms with Gasteiger partial charge in [0.15, 0.2) is 23.0 Å². The van der Waals surface area contributed by atoms with Crippen LogP contribution in [0.1, 0.15) is 22.7 Å². The van der Waals surface area contributed by atoms with E-state index in [9.17, 15) is 4.79 Å². The lowest BCUT2D eigenvalue weighted by molar-refractivity contribution is -0.120. The Morgan fingerprint density at radius 1 is 1.19 bits per heavy atom. The highest BCUT2D eigenvalue weighted by Crippen LogP contribution is 2.56. The average Bonchev–Trinajstić information content (AvgIpc) is 3.14. The van der Waals surface area contributed by atoms with Crippen molar-refractivity contribution < 1.29 is 23.7 Å². The fourth-order valence-electron chi connectivity index (χ4n) is 4.50. The number of methoxy groups -OCH3 is 2. The quantitative estimate of drug-likeness (QED) is 0.756. The zero-order valence-electron chi connectivity index (χ0n) is 15.0. The molecule has 0 bridgehead atoms. The van der Waals surface area contributed by atoms with Gasteiger partial charge in [0.25, 0.3) is 0 Å². The first-order valence-electron chi connectivity index (χ1n) is 8.78. The topological polar surface area (TPSA) is 57.2 Å². The highest BCUT2D eigenvalue weighted by molar-refractivity contribution is 6.33. The van der Waals surface area contributed by atoms with E-state index in [0.29, 0.717) is 41.7 Å². The van der Waals surface area contributed by atoms with Crippen molar-refractivity contribution in [3.63, 3.8) is 0 Å². The molecule has 7 heteroatoms. The molecule has 0 radical (unpaired) electrons. The summed E-state index contributed by atoms with van der Waals surface area (Å²) < 4.78 is 22.5. The van der Waals surface area contributed by atoms with E-state index in [-0.39, 0.29) is 12.8 Å². The molecule has 3 aliphatic rings. The molecule has 0 saturated heterocycles. The van der Waals surface area contributed by atoms with Gasteiger partial charge < -0.3 is 23.8 Å². The van der Waals surface area contributed by atoms with Crippen molar-refractivity contribution in [2.45, 2.75) is 18.9 Å². The molecule has 2 aromatic rings. The van der Waals surface area contributed by atoms with E-state index in [1.807, 2.05) is 17.0 Å². The van der Waals surface area contributed by atoms with Crippen molar-refractivity contribution in [1.82, 2.24) is 4.90 Å². The molecule has 0 unspecified atom stereocenters. The van der Waals surface area contributed by atoms with Crippen molar-refractivity contribution in [2.75, 3.05) is 27.6 Å². The van der Waals surface area contributed by atoms with Gasteiger partial charge in [-0.1, -0.05) is 11.6 Å². The molecule has 1 amide bonds. The molecule has 27 heavy (non-hydrogen) atoms. The summed E-state index contributed by atoms with van der Waals surface area (Å²) in [6.45, 7) is 0.830. The van der Waals surface area contributed by atoms with Crippen LogP contribution in [0, 0.1) is 0 Å². The normalized spacial score (nSPS) is 18.6. The molecule has 0 fully saturated rings. The highest BCUT2D eigenvalue weighted by Gasteiger charge is 2.40. The first kappa shape index (κ1) is 16.6. The molecule has 140 valence electrons. The van der Waals surface area contributed by atoms with Crippen molar-refractivity contribution in [1.29, 1.82) is 0 Å². The molecule has 0 N–H and O–H groups in total. The summed E-state index contributed by atoms with van der Waals surface area (Å²) in [7, 11) is 3.19. The minimum atomic E-state index is -0.0913. The summed E-state index contributed by atoms with van der Waals surface area (Å²) in [6.07, 6.45) is 2.28. The molecule has 0 spiro atoms. The fourth-order valence-corrected chi connectivity index (χ4v) is 4.86. The smallest absolute Gasteiger partial charge is 0.231 e. The van der Waals surface area contributed by atoms with Gasteiger partial charge in [-0.25, -0.2) is 0 Å². The van der Waals surface area contributed by atoms with Crippen LogP contribution in [0.3, 0.4) is 0 Å². The lowest BCUT2D eigenvalue weighted by Gasteiger charge is -2.41. The third-order valence-corrected chi connectivity index (χ3v) is 6.07. The van der Waals surface area contributed by atoms with Crippen LogP contribution >= 0.6 is 11.6 Å². The van der Waals surface area contributed by atoms with Gasteiger partial charge >= 0.3 is 0 Å². The Morgan fingerprint density at radius 3 is 2.63 bits per heavy atom. The van der Waals surface area contributed by atoms with E-state index < -0.39 is 0 Å². The predicted molar refractivity (Wildman–Crippen MR) is 99.0 cm³/mol. The van der Waals surface area contributed by atoms with Crippen LogP contribution in [0.15, 0.2) is 12.1 Å². The lowest BCUT2D eigenvalue weighted by Crippen LogP contribution is -2.37. The first-order valence-corrected chi connectivity index (χ1v) is 9.15. The zero-order chi connectivity index (χ0) is 18.7. The standard InChI is InChI=1S/C20H18ClNO5/c1-24-19-17-12-7-15-14(26-9-27-15)6-10(12)5-13-16(17)11(3-4-22(13)8-23)18(21)20(19)25-2/h6-8,13H,3-5,9H2,1-2H3/t13-/m0/s1. The Balaban J connectivity index is 1.87. The van der Waals surface area contributed by atoms with Crippen molar-refractivity contribution in [2.24, 2.45) is 0 Å².